The van der Waals surface area contributed by atoms with E-state index in [4.69, 9.17) is 5.73 Å². The molecule has 3 heteroatoms. The first kappa shape index (κ1) is 11.9. The van der Waals surface area contributed by atoms with E-state index in [9.17, 15) is 4.79 Å². The number of nitrogens with one attached hydrogen (secondary N) is 1. The van der Waals surface area contributed by atoms with Gasteiger partial charge in [-0.25, -0.2) is 0 Å². The van der Waals surface area contributed by atoms with Crippen molar-refractivity contribution in [3.05, 3.63) is 0 Å². The molecule has 2 saturated carbocycles. The molecule has 0 bridgehead atoms. The molecule has 3 nitrogen and oxygen atoms in total. The number of rotatable bonds is 6. The van der Waals surface area contributed by atoms with Crippen molar-refractivity contribution in [2.45, 2.75) is 51.4 Å². The Morgan fingerprint density at radius 3 is 2.56 bits per heavy atom. The minimum atomic E-state index is -0.223. The molecule has 0 spiro atoms. The summed E-state index contributed by atoms with van der Waals surface area (Å²) in [6.07, 6.45) is 9.52. The van der Waals surface area contributed by atoms with Crippen LogP contribution in [-0.4, -0.2) is 19.0 Å². The molecule has 0 atom stereocenters. The molecule has 0 saturated heterocycles. The van der Waals surface area contributed by atoms with Crippen LogP contribution in [0.4, 0.5) is 0 Å². The van der Waals surface area contributed by atoms with E-state index in [2.05, 4.69) is 5.32 Å². The van der Waals surface area contributed by atoms with E-state index < -0.39 is 0 Å². The molecule has 0 aromatic carbocycles. The topological polar surface area (TPSA) is 55.1 Å². The van der Waals surface area contributed by atoms with Crippen molar-refractivity contribution in [1.29, 1.82) is 0 Å². The number of carbonyl (C=O) groups is 1. The quantitative estimate of drug-likeness (QED) is 0.676. The van der Waals surface area contributed by atoms with Gasteiger partial charge >= 0.3 is 0 Å². The second-order valence-electron chi connectivity index (χ2n) is 5.53. The Morgan fingerprint density at radius 1 is 1.31 bits per heavy atom. The van der Waals surface area contributed by atoms with Gasteiger partial charge < -0.3 is 11.1 Å². The van der Waals surface area contributed by atoms with E-state index in [1.54, 1.807) is 0 Å². The second kappa shape index (κ2) is 5.17. The maximum atomic E-state index is 12.1. The maximum Gasteiger partial charge on any atom is 0.227 e. The average molecular weight is 224 g/mol. The molecule has 16 heavy (non-hydrogen) atoms. The highest BCUT2D eigenvalue weighted by atomic mass is 16.2. The fourth-order valence-electron chi connectivity index (χ4n) is 2.76. The van der Waals surface area contributed by atoms with E-state index in [1.807, 2.05) is 0 Å². The third kappa shape index (κ3) is 2.76. The molecule has 0 aromatic rings. The highest BCUT2D eigenvalue weighted by molar-refractivity contribution is 5.83. The molecular formula is C13H24N2O. The standard InChI is InChI=1S/C13H24N2O/c14-10-13(7-1-2-8-13)12(16)15-9-3-4-11-5-6-11/h11H,1-10,14H2,(H,15,16). The van der Waals surface area contributed by atoms with Crippen LogP contribution in [0.25, 0.3) is 0 Å². The number of nitrogens with two attached hydrogens (primary N) is 1. The van der Waals surface area contributed by atoms with Gasteiger partial charge in [-0.15, -0.1) is 0 Å². The van der Waals surface area contributed by atoms with Crippen LogP contribution < -0.4 is 11.1 Å². The molecular weight excluding hydrogens is 200 g/mol. The van der Waals surface area contributed by atoms with Crippen molar-refractivity contribution >= 4 is 5.91 Å². The van der Waals surface area contributed by atoms with Gasteiger partial charge in [-0.2, -0.15) is 0 Å². The van der Waals surface area contributed by atoms with Crippen molar-refractivity contribution in [2.75, 3.05) is 13.1 Å². The third-order valence-corrected chi connectivity index (χ3v) is 4.20. The van der Waals surface area contributed by atoms with Crippen molar-refractivity contribution in [3.8, 4) is 0 Å². The van der Waals surface area contributed by atoms with Gasteiger partial charge in [-0.05, 0) is 31.6 Å². The molecule has 2 rings (SSSR count). The molecule has 3 N–H and O–H groups in total. The first-order valence-corrected chi connectivity index (χ1v) is 6.75. The predicted molar refractivity (Wildman–Crippen MR) is 64.9 cm³/mol. The van der Waals surface area contributed by atoms with Crippen molar-refractivity contribution in [3.63, 3.8) is 0 Å². The number of hydrogen-bond acceptors (Lipinski definition) is 2. The summed E-state index contributed by atoms with van der Waals surface area (Å²) in [5, 5.41) is 3.08. The molecule has 0 radical (unpaired) electrons. The lowest BCUT2D eigenvalue weighted by atomic mass is 9.85. The Bertz CT molecular complexity index is 242. The second-order valence-corrected chi connectivity index (χ2v) is 5.53. The number of amides is 1. The Labute approximate surface area is 98.2 Å². The highest BCUT2D eigenvalue weighted by Crippen LogP contribution is 2.37. The molecule has 2 aliphatic rings. The van der Waals surface area contributed by atoms with Crippen LogP contribution in [0, 0.1) is 11.3 Å². The largest absolute Gasteiger partial charge is 0.356 e. The first-order chi connectivity index (χ1) is 7.77. The summed E-state index contributed by atoms with van der Waals surface area (Å²) in [6, 6.07) is 0. The summed E-state index contributed by atoms with van der Waals surface area (Å²) in [4.78, 5) is 12.1. The van der Waals surface area contributed by atoms with Crippen LogP contribution in [0.3, 0.4) is 0 Å². The zero-order valence-corrected chi connectivity index (χ0v) is 10.1. The van der Waals surface area contributed by atoms with Gasteiger partial charge in [0.15, 0.2) is 0 Å². The minimum Gasteiger partial charge on any atom is -0.356 e. The summed E-state index contributed by atoms with van der Waals surface area (Å²) in [5.41, 5.74) is 5.55. The van der Waals surface area contributed by atoms with Gasteiger partial charge in [0.2, 0.25) is 5.91 Å². The summed E-state index contributed by atoms with van der Waals surface area (Å²) in [6.45, 7) is 1.36. The average Bonchev–Trinajstić information content (AvgIpc) is 2.99. The Kier molecular flexibility index (Phi) is 3.85. The smallest absolute Gasteiger partial charge is 0.227 e. The molecule has 2 aliphatic carbocycles. The lowest BCUT2D eigenvalue weighted by molar-refractivity contribution is -0.130. The summed E-state index contributed by atoms with van der Waals surface area (Å²) >= 11 is 0. The molecule has 1 amide bonds. The van der Waals surface area contributed by atoms with Gasteiger partial charge in [-0.1, -0.05) is 25.7 Å². The Morgan fingerprint density at radius 2 is 2.00 bits per heavy atom. The highest BCUT2D eigenvalue weighted by Gasteiger charge is 2.39. The van der Waals surface area contributed by atoms with Gasteiger partial charge in [0.05, 0.1) is 5.41 Å². The molecule has 0 heterocycles. The van der Waals surface area contributed by atoms with Gasteiger partial charge in [-0.3, -0.25) is 4.79 Å². The maximum absolute atomic E-state index is 12.1. The van der Waals surface area contributed by atoms with Crippen LogP contribution in [0.2, 0.25) is 0 Å². The van der Waals surface area contributed by atoms with Gasteiger partial charge in [0, 0.05) is 13.1 Å². The molecule has 92 valence electrons. The Hall–Kier alpha value is -0.570. The van der Waals surface area contributed by atoms with Gasteiger partial charge in [0.1, 0.15) is 0 Å². The van der Waals surface area contributed by atoms with E-state index in [1.165, 1.54) is 19.3 Å². The van der Waals surface area contributed by atoms with E-state index >= 15 is 0 Å². The molecule has 0 unspecified atom stereocenters. The number of hydrogen-bond donors (Lipinski definition) is 2. The van der Waals surface area contributed by atoms with Crippen LogP contribution in [0.5, 0.6) is 0 Å². The predicted octanol–water partition coefficient (Wildman–Crippen LogP) is 1.81. The Balaban J connectivity index is 1.68. The third-order valence-electron chi connectivity index (χ3n) is 4.20. The summed E-state index contributed by atoms with van der Waals surface area (Å²) in [7, 11) is 0. The van der Waals surface area contributed by atoms with E-state index in [0.29, 0.717) is 6.54 Å². The van der Waals surface area contributed by atoms with E-state index in [-0.39, 0.29) is 11.3 Å². The lowest BCUT2D eigenvalue weighted by Crippen LogP contribution is -2.44. The van der Waals surface area contributed by atoms with Crippen molar-refractivity contribution in [2.24, 2.45) is 17.1 Å². The minimum absolute atomic E-state index is 0.211. The fourth-order valence-corrected chi connectivity index (χ4v) is 2.76. The molecule has 0 aliphatic heterocycles. The number of carbonyl (C=O) groups excluding carboxylic acids is 1. The fraction of sp³-hybridized carbons (Fsp3) is 0.923. The SMILES string of the molecule is NCC1(C(=O)NCCCC2CC2)CCCC1. The zero-order valence-electron chi connectivity index (χ0n) is 10.1. The monoisotopic (exact) mass is 224 g/mol. The first-order valence-electron chi connectivity index (χ1n) is 6.75. The van der Waals surface area contributed by atoms with Crippen LogP contribution in [0.15, 0.2) is 0 Å². The lowest BCUT2D eigenvalue weighted by Gasteiger charge is -2.25. The van der Waals surface area contributed by atoms with Crippen molar-refractivity contribution < 1.29 is 4.79 Å². The normalized spacial score (nSPS) is 23.3. The van der Waals surface area contributed by atoms with Crippen LogP contribution in [0.1, 0.15) is 51.4 Å². The zero-order chi connectivity index (χ0) is 11.4. The summed E-state index contributed by atoms with van der Waals surface area (Å²) < 4.78 is 0. The van der Waals surface area contributed by atoms with Gasteiger partial charge in [0.25, 0.3) is 0 Å². The van der Waals surface area contributed by atoms with E-state index in [0.717, 1.165) is 44.6 Å². The van der Waals surface area contributed by atoms with Crippen LogP contribution >= 0.6 is 0 Å². The summed E-state index contributed by atoms with van der Waals surface area (Å²) in [5.74, 6) is 1.18. The molecule has 2 fully saturated rings. The van der Waals surface area contributed by atoms with Crippen molar-refractivity contribution in [1.82, 2.24) is 5.32 Å². The van der Waals surface area contributed by atoms with Crippen LogP contribution in [-0.2, 0) is 4.79 Å². The molecule has 0 aromatic heterocycles.